The summed E-state index contributed by atoms with van der Waals surface area (Å²) in [7, 11) is 0. The van der Waals surface area contributed by atoms with Gasteiger partial charge in [-0.3, -0.25) is 19.2 Å². The molecule has 0 spiro atoms. The zero-order valence-corrected chi connectivity index (χ0v) is 74.9. The Morgan fingerprint density at radius 3 is 1.30 bits per heavy atom. The van der Waals surface area contributed by atoms with Crippen molar-refractivity contribution < 1.29 is 88.4 Å². The van der Waals surface area contributed by atoms with Crippen molar-refractivity contribution in [3.05, 3.63) is 379 Å². The first-order chi connectivity index (χ1) is 68.0. The van der Waals surface area contributed by atoms with Gasteiger partial charge in [0.15, 0.2) is 0 Å². The van der Waals surface area contributed by atoms with Crippen LogP contribution in [0, 0.1) is 34.9 Å². The second-order valence-electron chi connectivity index (χ2n) is 32.5. The number of primary amides is 1. The van der Waals surface area contributed by atoms with E-state index < -0.39 is 87.1 Å². The van der Waals surface area contributed by atoms with Crippen LogP contribution in [0.1, 0.15) is 87.1 Å². The van der Waals surface area contributed by atoms with Crippen LogP contribution in [0.5, 0.6) is 5.75 Å². The molecule has 0 unspecified atom stereocenters. The van der Waals surface area contributed by atoms with Gasteiger partial charge >= 0.3 is 29.6 Å². The summed E-state index contributed by atoms with van der Waals surface area (Å²) in [6, 6.07) is 49.6. The molecule has 0 aliphatic carbocycles. The fourth-order valence-corrected chi connectivity index (χ4v) is 19.0. The van der Waals surface area contributed by atoms with E-state index in [1.165, 1.54) is 141 Å². The van der Waals surface area contributed by atoms with Gasteiger partial charge in [-0.1, -0.05) is 89.4 Å². The van der Waals surface area contributed by atoms with Crippen LogP contribution in [-0.4, -0.2) is 111 Å². The summed E-state index contributed by atoms with van der Waals surface area (Å²) >= 11 is 19.4. The third kappa shape index (κ3) is 16.0. The number of amides is 1. The van der Waals surface area contributed by atoms with E-state index in [0.29, 0.717) is 67.0 Å². The van der Waals surface area contributed by atoms with Gasteiger partial charge in [0.05, 0.1) is 150 Å². The van der Waals surface area contributed by atoms with Crippen LogP contribution in [0.25, 0.3) is 154 Å². The van der Waals surface area contributed by atoms with E-state index in [4.69, 9.17) is 63.3 Å². The number of aromatic carboxylic acids is 3. The molecular formula is C103H65Cl3F6N12O17. The summed E-state index contributed by atoms with van der Waals surface area (Å²) in [4.78, 5) is 135. The normalized spacial score (nSPS) is 11.8. The molecule has 1 amide bonds. The Labute approximate surface area is 799 Å². The molecule has 14 heterocycles. The Kier molecular flexibility index (Phi) is 23.5. The van der Waals surface area contributed by atoms with Crippen molar-refractivity contribution in [2.45, 2.75) is 39.5 Å². The van der Waals surface area contributed by atoms with Crippen molar-refractivity contribution in [1.82, 2.24) is 53.2 Å². The number of fused-ring (bicyclic) bond motifs is 15. The molecule has 23 rings (SSSR count). The molecule has 10 N–H and O–H groups in total. The van der Waals surface area contributed by atoms with Crippen LogP contribution in [0.3, 0.4) is 0 Å². The topological polar surface area (TPSA) is 423 Å². The fraction of sp³-hybridized carbons (Fsp3) is 0.0777. The van der Waals surface area contributed by atoms with Gasteiger partial charge in [-0.2, -0.15) is 0 Å². The second kappa shape index (κ2) is 36.4. The Balaban J connectivity index is 0.000000115. The molecule has 9 aromatic carbocycles. The smallest absolute Gasteiger partial charge is 0.355 e. The van der Waals surface area contributed by atoms with Crippen molar-refractivity contribution in [3.63, 3.8) is 0 Å². The molecule has 141 heavy (non-hydrogen) atoms. The maximum Gasteiger partial charge on any atom is 0.355 e. The number of esters is 1. The van der Waals surface area contributed by atoms with Crippen molar-refractivity contribution in [2.75, 3.05) is 13.2 Å². The molecular weight excluding hydrogens is 1900 g/mol. The first-order valence-corrected chi connectivity index (χ1v) is 44.0. The quantitative estimate of drug-likeness (QED) is 0.0219. The first kappa shape index (κ1) is 91.1. The highest BCUT2D eigenvalue weighted by Gasteiger charge is 2.37. The number of carbonyl (C=O) groups is 5. The summed E-state index contributed by atoms with van der Waals surface area (Å²) < 4.78 is 124. The SMILES string of the molecule is CCOC(=O)c1c(-c2ccc[nH]c2=O)c2c3occc3c(F)cc2n1Cc1cc(C(N)=O)ccc1F.O=C(O)c1c(-c2ccc[nH]c2=O)c2c3c(c(F)cc2n1Cc1cc2ccccc2nc1Cl)CCO3.O=C(O)c1c(-c2ccc[nH]c2=O)c2c3occc3c(F)cc2n1Cc1cc2[nH]c(=O)[nH]c2cc1Cl.O=C(O)c1c(-c2ccccc2F)c2c3occc3c(F)cc2n1Cc1cc2ccccc2nc1Cl. The molecule has 0 saturated carbocycles. The summed E-state index contributed by atoms with van der Waals surface area (Å²) in [5, 5.41) is 34.9. The van der Waals surface area contributed by atoms with Crippen molar-refractivity contribution in [3.8, 4) is 50.3 Å². The van der Waals surface area contributed by atoms with Gasteiger partial charge in [-0.05, 0) is 152 Å². The number of aromatic nitrogens is 11. The summed E-state index contributed by atoms with van der Waals surface area (Å²) in [5.74, 6) is -8.80. The van der Waals surface area contributed by atoms with Gasteiger partial charge < -0.3 is 87.0 Å². The number of hydrogen-bond acceptors (Lipinski definition) is 16. The van der Waals surface area contributed by atoms with Gasteiger partial charge in [0.2, 0.25) is 5.91 Å². The molecule has 0 radical (unpaired) electrons. The Bertz CT molecular complexity index is 9340. The number of nitrogens with two attached hydrogens (primary N) is 1. The first-order valence-electron chi connectivity index (χ1n) is 42.9. The van der Waals surface area contributed by atoms with Crippen LogP contribution >= 0.6 is 34.8 Å². The number of imidazole rings is 1. The maximum absolute atomic E-state index is 15.1. The number of para-hydroxylation sites is 2. The van der Waals surface area contributed by atoms with E-state index in [1.54, 1.807) is 49.4 Å². The molecule has 0 saturated heterocycles. The molecule has 13 aromatic heterocycles. The number of rotatable bonds is 18. The molecule has 0 bridgehead atoms. The molecule has 22 aromatic rings. The highest BCUT2D eigenvalue weighted by Crippen LogP contribution is 2.49. The lowest BCUT2D eigenvalue weighted by Crippen LogP contribution is -2.17. The van der Waals surface area contributed by atoms with E-state index >= 15 is 17.6 Å². The van der Waals surface area contributed by atoms with Crippen LogP contribution < -0.4 is 32.8 Å². The number of furan rings is 3. The lowest BCUT2D eigenvalue weighted by atomic mass is 10.00. The van der Waals surface area contributed by atoms with Crippen molar-refractivity contribution in [1.29, 1.82) is 0 Å². The van der Waals surface area contributed by atoms with Gasteiger partial charge in [-0.15, -0.1) is 0 Å². The van der Waals surface area contributed by atoms with Gasteiger partial charge in [0.25, 0.3) is 16.7 Å². The summed E-state index contributed by atoms with van der Waals surface area (Å²) in [5.41, 5.74) is 9.34. The van der Waals surface area contributed by atoms with E-state index in [-0.39, 0.29) is 199 Å². The minimum Gasteiger partial charge on any atom is -0.492 e. The van der Waals surface area contributed by atoms with Gasteiger partial charge in [0, 0.05) is 103 Å². The number of carboxylic acids is 3. The number of benzene rings is 9. The maximum atomic E-state index is 15.1. The average Bonchev–Trinajstić information content (AvgIpc) is 1.58. The van der Waals surface area contributed by atoms with Gasteiger partial charge in [-0.25, -0.2) is 60.3 Å². The minimum absolute atomic E-state index is 0.00222. The molecule has 0 fully saturated rings. The second-order valence-corrected chi connectivity index (χ2v) is 33.6. The number of nitrogens with zero attached hydrogens (tertiary/aromatic N) is 6. The molecule has 0 atom stereocenters. The molecule has 29 nitrogen and oxygen atoms in total. The number of carbonyl (C=O) groups excluding carboxylic acids is 2. The Morgan fingerprint density at radius 1 is 0.433 bits per heavy atom. The third-order valence-corrected chi connectivity index (χ3v) is 25.4. The molecule has 702 valence electrons. The van der Waals surface area contributed by atoms with Crippen LogP contribution in [-0.2, 0) is 37.3 Å². The summed E-state index contributed by atoms with van der Waals surface area (Å²) in [6.45, 7) is 1.47. The number of hydrogen-bond donors (Lipinski definition) is 9. The largest absolute Gasteiger partial charge is 0.492 e. The van der Waals surface area contributed by atoms with Crippen LogP contribution in [0.4, 0.5) is 26.3 Å². The van der Waals surface area contributed by atoms with Crippen LogP contribution in [0.15, 0.2) is 264 Å². The highest BCUT2D eigenvalue weighted by molar-refractivity contribution is 6.32. The van der Waals surface area contributed by atoms with E-state index in [9.17, 15) is 67.3 Å². The fourth-order valence-electron chi connectivity index (χ4n) is 18.4. The number of aromatic amines is 5. The lowest BCUT2D eigenvalue weighted by Gasteiger charge is -2.13. The number of halogens is 9. The number of nitrogens with one attached hydrogen (secondary N) is 5. The standard InChI is InChI=1S/C27H15ClF2N2O3.C26H17ClFN3O4.C26H19F2N3O5.C24H14ClFN4O5/c28-26-15(11-14-5-1-4-8-20(14)31-26)13-32-21-12-19(30)17-9-10-35-25(17)23(21)22(24(32)27(33)34)16-6-2-3-7-18(16)29;27-24-14(10-13-4-1-2-6-18(13)30-24)12-31-19-11-17(28)15-7-9-35-23(15)21(19)20(22(31)26(33)34)16-5-3-8-29-25(16)32;1-2-35-26(34)22-20(16-4-3-8-30-25(16)33)21-19(11-18(28)15-7-9-36-23(15)21)31(22)12-14-10-13(24(29)32)5-6-17(14)27;25-13-7-16-15(28-24(34)29-16)6-10(13)9-30-17-8-14(26)11-3-5-35-21(11)19(17)18(20(30)23(32)33)12-2-1-4-27-22(12)31/h1-12H,13H2,(H,33,34);1-6,8,10-11H,7,9,12H2,(H,29,32)(H,33,34);3-11H,2,12H2,1H3,(H2,29,32)(H,30,33);1-8H,9H2,(H,27,31)(H,32,33)(H2,28,29,34). The predicted octanol–water partition coefficient (Wildman–Crippen LogP) is 21.1. The molecule has 1 aliphatic rings. The number of ether oxygens (including phenoxy) is 2. The highest BCUT2D eigenvalue weighted by atomic mass is 35.5. The zero-order valence-electron chi connectivity index (χ0n) is 72.6. The van der Waals surface area contributed by atoms with Gasteiger partial charge in [0.1, 0.15) is 90.5 Å². The number of pyridine rings is 5. The van der Waals surface area contributed by atoms with Crippen LogP contribution in [0.2, 0.25) is 15.3 Å². The molecule has 1 aliphatic heterocycles. The summed E-state index contributed by atoms with van der Waals surface area (Å²) in [6.07, 6.45) is 8.60. The monoisotopic (exact) mass is 1960 g/mol. The Hall–Kier alpha value is -17.7. The number of carboxylic acid groups (broad SMARTS) is 3. The molecule has 38 heteroatoms. The minimum atomic E-state index is -1.33. The average molecular weight is 1960 g/mol. The zero-order chi connectivity index (χ0) is 98.5. The van der Waals surface area contributed by atoms with E-state index in [0.717, 1.165) is 16.8 Å². The van der Waals surface area contributed by atoms with Crippen molar-refractivity contribution in [2.24, 2.45) is 5.73 Å². The van der Waals surface area contributed by atoms with Crippen molar-refractivity contribution >= 4 is 174 Å². The van der Waals surface area contributed by atoms with E-state index in [2.05, 4.69) is 34.9 Å². The predicted molar refractivity (Wildman–Crippen MR) is 515 cm³/mol. The Morgan fingerprint density at radius 2 is 0.837 bits per heavy atom. The van der Waals surface area contributed by atoms with E-state index in [1.807, 2.05) is 60.7 Å². The number of H-pyrrole nitrogens is 5. The third-order valence-electron chi connectivity index (χ3n) is 24.4. The lowest BCUT2D eigenvalue weighted by molar-refractivity contribution is 0.0514.